The van der Waals surface area contributed by atoms with E-state index in [0.717, 1.165) is 31.3 Å². The smallest absolute Gasteiger partial charge is 0.194 e. The number of guanidine groups is 1. The number of nitrogens with zero attached hydrogens (tertiary/aromatic N) is 2. The molecular weight excluding hydrogens is 409 g/mol. The lowest BCUT2D eigenvalue weighted by Gasteiger charge is -2.14. The van der Waals surface area contributed by atoms with Gasteiger partial charge >= 0.3 is 0 Å². The summed E-state index contributed by atoms with van der Waals surface area (Å²) in [5.41, 5.74) is 2.47. The molecule has 2 heterocycles. The fourth-order valence-corrected chi connectivity index (χ4v) is 3.13. The van der Waals surface area contributed by atoms with Crippen LogP contribution >= 0.6 is 35.3 Å². The molecule has 3 rings (SSSR count). The summed E-state index contributed by atoms with van der Waals surface area (Å²) in [5, 5.41) is 5.59. The molecule has 1 N–H and O–H groups in total. The van der Waals surface area contributed by atoms with Gasteiger partial charge in [0.1, 0.15) is 5.75 Å². The predicted octanol–water partition coefficient (Wildman–Crippen LogP) is 3.43. The van der Waals surface area contributed by atoms with Crippen LogP contribution in [0.4, 0.5) is 0 Å². The molecule has 1 aliphatic rings. The van der Waals surface area contributed by atoms with Gasteiger partial charge in [-0.05, 0) is 34.7 Å². The summed E-state index contributed by atoms with van der Waals surface area (Å²) in [5.74, 6) is 1.88. The minimum absolute atomic E-state index is 0. The molecule has 0 saturated carbocycles. The van der Waals surface area contributed by atoms with Crippen LogP contribution in [-0.2, 0) is 6.54 Å². The molecule has 6 heteroatoms. The number of benzene rings is 1. The van der Waals surface area contributed by atoms with Crippen LogP contribution in [0.5, 0.6) is 5.75 Å². The van der Waals surface area contributed by atoms with E-state index in [9.17, 15) is 0 Å². The molecule has 0 radical (unpaired) electrons. The van der Waals surface area contributed by atoms with E-state index in [1.54, 1.807) is 18.4 Å². The normalized spacial score (nSPS) is 13.5. The van der Waals surface area contributed by atoms with Gasteiger partial charge in [-0.1, -0.05) is 12.1 Å². The van der Waals surface area contributed by atoms with Gasteiger partial charge in [0.05, 0.1) is 20.2 Å². The predicted molar refractivity (Wildman–Crippen MR) is 103 cm³/mol. The van der Waals surface area contributed by atoms with Crippen molar-refractivity contribution in [1.29, 1.82) is 0 Å². The highest BCUT2D eigenvalue weighted by molar-refractivity contribution is 14.0. The Morgan fingerprint density at radius 1 is 1.27 bits per heavy atom. The Bertz CT molecular complexity index is 639. The van der Waals surface area contributed by atoms with Gasteiger partial charge in [0.25, 0.3) is 0 Å². The number of hydrogen-bond acceptors (Lipinski definition) is 5. The van der Waals surface area contributed by atoms with E-state index in [1.807, 2.05) is 12.1 Å². The van der Waals surface area contributed by atoms with Crippen molar-refractivity contribution in [1.82, 2.24) is 10.2 Å². The van der Waals surface area contributed by atoms with Crippen molar-refractivity contribution in [3.05, 3.63) is 40.6 Å². The molecule has 1 aromatic carbocycles. The number of aliphatic imine (C=N–C) groups is 1. The van der Waals surface area contributed by atoms with Crippen LogP contribution < -0.4 is 10.1 Å². The van der Waals surface area contributed by atoms with Crippen LogP contribution in [0, 0.1) is 0 Å². The summed E-state index contributed by atoms with van der Waals surface area (Å²) in [6.07, 6.45) is 0. The van der Waals surface area contributed by atoms with Gasteiger partial charge < -0.3 is 15.0 Å². The first-order chi connectivity index (χ1) is 10.3. The third-order valence-corrected chi connectivity index (χ3v) is 4.49. The van der Waals surface area contributed by atoms with Crippen LogP contribution in [0.1, 0.15) is 4.88 Å². The molecule has 0 atom stereocenters. The van der Waals surface area contributed by atoms with Crippen LogP contribution in [-0.4, -0.2) is 38.1 Å². The average molecular weight is 429 g/mol. The second-order valence-electron chi connectivity index (χ2n) is 5.01. The van der Waals surface area contributed by atoms with Crippen LogP contribution in [0.25, 0.3) is 11.1 Å². The van der Waals surface area contributed by atoms with Gasteiger partial charge in [-0.2, -0.15) is 0 Å². The lowest BCUT2D eigenvalue weighted by atomic mass is 10.1. The molecule has 0 spiro atoms. The van der Waals surface area contributed by atoms with Crippen molar-refractivity contribution < 1.29 is 4.74 Å². The SMILES string of the molecule is COc1ccc(-c2csc(CNC3=NCCN3C)c2)cc1.I. The van der Waals surface area contributed by atoms with Gasteiger partial charge in [-0.25, -0.2) is 0 Å². The van der Waals surface area contributed by atoms with Gasteiger partial charge in [-0.15, -0.1) is 35.3 Å². The Morgan fingerprint density at radius 2 is 2.05 bits per heavy atom. The zero-order valence-corrected chi connectivity index (χ0v) is 15.9. The fraction of sp³-hybridized carbons (Fsp3) is 0.312. The van der Waals surface area contributed by atoms with Crippen molar-refractivity contribution in [3.63, 3.8) is 0 Å². The largest absolute Gasteiger partial charge is 0.497 e. The van der Waals surface area contributed by atoms with Crippen molar-refractivity contribution in [2.75, 3.05) is 27.2 Å². The molecule has 1 aromatic heterocycles. The summed E-state index contributed by atoms with van der Waals surface area (Å²) >= 11 is 1.77. The molecule has 0 unspecified atom stereocenters. The van der Waals surface area contributed by atoms with Gasteiger partial charge in [-0.3, -0.25) is 4.99 Å². The Morgan fingerprint density at radius 3 is 2.68 bits per heavy atom. The van der Waals surface area contributed by atoms with E-state index in [1.165, 1.54) is 16.0 Å². The second-order valence-corrected chi connectivity index (χ2v) is 6.01. The molecule has 0 bridgehead atoms. The minimum atomic E-state index is 0. The highest BCUT2D eigenvalue weighted by Crippen LogP contribution is 2.27. The van der Waals surface area contributed by atoms with Crippen molar-refractivity contribution in [2.24, 2.45) is 4.99 Å². The monoisotopic (exact) mass is 429 g/mol. The first-order valence-electron chi connectivity index (χ1n) is 6.97. The van der Waals surface area contributed by atoms with Crippen molar-refractivity contribution in [3.8, 4) is 16.9 Å². The summed E-state index contributed by atoms with van der Waals surface area (Å²) in [6, 6.07) is 10.4. The average Bonchev–Trinajstić information content (AvgIpc) is 3.14. The van der Waals surface area contributed by atoms with Crippen LogP contribution in [0.15, 0.2) is 40.7 Å². The topological polar surface area (TPSA) is 36.9 Å². The Kier molecular flexibility index (Phi) is 6.07. The Balaban J connectivity index is 0.00000176. The number of rotatable bonds is 4. The van der Waals surface area contributed by atoms with Crippen LogP contribution in [0.2, 0.25) is 0 Å². The lowest BCUT2D eigenvalue weighted by molar-refractivity contribution is 0.415. The minimum Gasteiger partial charge on any atom is -0.497 e. The van der Waals surface area contributed by atoms with E-state index in [2.05, 4.69) is 45.8 Å². The zero-order chi connectivity index (χ0) is 14.7. The number of nitrogens with one attached hydrogen (secondary N) is 1. The summed E-state index contributed by atoms with van der Waals surface area (Å²) in [7, 11) is 3.75. The molecule has 0 amide bonds. The van der Waals surface area contributed by atoms with Gasteiger partial charge in [0, 0.05) is 18.5 Å². The molecular formula is C16H20IN3OS. The summed E-state index contributed by atoms with van der Waals surface area (Å²) < 4.78 is 5.19. The molecule has 118 valence electrons. The number of thiophene rings is 1. The quantitative estimate of drug-likeness (QED) is 0.757. The molecule has 0 aliphatic carbocycles. The summed E-state index contributed by atoms with van der Waals surface area (Å²) in [4.78, 5) is 7.90. The summed E-state index contributed by atoms with van der Waals surface area (Å²) in [6.45, 7) is 2.72. The fourth-order valence-electron chi connectivity index (χ4n) is 2.30. The third kappa shape index (κ3) is 3.92. The van der Waals surface area contributed by atoms with E-state index in [0.29, 0.717) is 0 Å². The lowest BCUT2D eigenvalue weighted by Crippen LogP contribution is -2.34. The van der Waals surface area contributed by atoms with Gasteiger partial charge in [0.15, 0.2) is 5.96 Å². The maximum absolute atomic E-state index is 5.19. The molecule has 22 heavy (non-hydrogen) atoms. The standard InChI is InChI=1S/C16H19N3OS.HI/c1-19-8-7-17-16(19)18-10-15-9-13(11-21-15)12-3-5-14(20-2)6-4-12;/h3-6,9,11H,7-8,10H2,1-2H3,(H,17,18);1H. The van der Waals surface area contributed by atoms with Crippen molar-refractivity contribution >= 4 is 41.3 Å². The molecule has 2 aromatic rings. The maximum atomic E-state index is 5.19. The van der Waals surface area contributed by atoms with E-state index in [4.69, 9.17) is 4.74 Å². The Labute approximate surface area is 152 Å². The van der Waals surface area contributed by atoms with Gasteiger partial charge in [0.2, 0.25) is 0 Å². The number of hydrogen-bond donors (Lipinski definition) is 1. The van der Waals surface area contributed by atoms with E-state index in [-0.39, 0.29) is 24.0 Å². The van der Waals surface area contributed by atoms with E-state index < -0.39 is 0 Å². The number of methoxy groups -OCH3 is 1. The van der Waals surface area contributed by atoms with E-state index >= 15 is 0 Å². The maximum Gasteiger partial charge on any atom is 0.194 e. The number of ether oxygens (including phenoxy) is 1. The zero-order valence-electron chi connectivity index (χ0n) is 12.7. The molecule has 0 fully saturated rings. The first-order valence-corrected chi connectivity index (χ1v) is 7.85. The Hall–Kier alpha value is -1.28. The van der Waals surface area contributed by atoms with Crippen molar-refractivity contribution in [2.45, 2.75) is 6.54 Å². The highest BCUT2D eigenvalue weighted by atomic mass is 127. The number of likely N-dealkylation sites (N-methyl/N-ethyl adjacent to an activating group) is 1. The van der Waals surface area contributed by atoms with Crippen LogP contribution in [0.3, 0.4) is 0 Å². The third-order valence-electron chi connectivity index (χ3n) is 3.56. The number of halogens is 1. The molecule has 1 aliphatic heterocycles. The first kappa shape index (κ1) is 17.1. The highest BCUT2D eigenvalue weighted by Gasteiger charge is 2.12. The molecule has 4 nitrogen and oxygen atoms in total. The second kappa shape index (κ2) is 7.82. The molecule has 0 saturated heterocycles.